The lowest BCUT2D eigenvalue weighted by Gasteiger charge is -2.08. The SMILES string of the molecule is CC(CCc1noc(-c2ccc(F)c(F)c2)n1)NC(=O)O. The van der Waals surface area contributed by atoms with E-state index in [1.54, 1.807) is 6.92 Å². The van der Waals surface area contributed by atoms with Crippen molar-refractivity contribution in [2.75, 3.05) is 0 Å². The van der Waals surface area contributed by atoms with Gasteiger partial charge in [-0.05, 0) is 31.5 Å². The molecular formula is C13H13F2N3O3. The van der Waals surface area contributed by atoms with Crippen molar-refractivity contribution in [2.24, 2.45) is 0 Å². The van der Waals surface area contributed by atoms with Gasteiger partial charge in [-0.2, -0.15) is 4.98 Å². The number of hydrogen-bond donors (Lipinski definition) is 2. The summed E-state index contributed by atoms with van der Waals surface area (Å²) in [5, 5.41) is 14.6. The van der Waals surface area contributed by atoms with Gasteiger partial charge in [0, 0.05) is 18.0 Å². The molecule has 6 nitrogen and oxygen atoms in total. The predicted molar refractivity (Wildman–Crippen MR) is 68.6 cm³/mol. The second-order valence-electron chi connectivity index (χ2n) is 4.53. The zero-order valence-corrected chi connectivity index (χ0v) is 11.1. The summed E-state index contributed by atoms with van der Waals surface area (Å²) >= 11 is 0. The van der Waals surface area contributed by atoms with E-state index >= 15 is 0 Å². The average Bonchev–Trinajstić information content (AvgIpc) is 2.88. The standard InChI is InChI=1S/C13H13F2N3O3/c1-7(16-13(19)20)2-5-11-17-12(21-18-11)8-3-4-9(14)10(15)6-8/h3-4,6-7,16H,2,5H2,1H3,(H,19,20). The van der Waals surface area contributed by atoms with Gasteiger partial charge in [-0.1, -0.05) is 5.16 Å². The Hall–Kier alpha value is -2.51. The highest BCUT2D eigenvalue weighted by Crippen LogP contribution is 2.20. The van der Waals surface area contributed by atoms with Gasteiger partial charge in [-0.25, -0.2) is 13.6 Å². The molecule has 112 valence electrons. The normalized spacial score (nSPS) is 12.1. The molecule has 1 aromatic carbocycles. The molecule has 0 saturated heterocycles. The second kappa shape index (κ2) is 6.29. The lowest BCUT2D eigenvalue weighted by atomic mass is 10.2. The number of benzene rings is 1. The first-order chi connectivity index (χ1) is 9.95. The third-order valence-corrected chi connectivity index (χ3v) is 2.81. The minimum atomic E-state index is -1.10. The fourth-order valence-corrected chi connectivity index (χ4v) is 1.73. The van der Waals surface area contributed by atoms with Crippen LogP contribution in [0, 0.1) is 11.6 Å². The topological polar surface area (TPSA) is 88.3 Å². The molecular weight excluding hydrogens is 284 g/mol. The number of aryl methyl sites for hydroxylation is 1. The van der Waals surface area contributed by atoms with Gasteiger partial charge in [0.25, 0.3) is 5.89 Å². The number of carbonyl (C=O) groups is 1. The molecule has 1 unspecified atom stereocenters. The number of amides is 1. The molecule has 0 spiro atoms. The molecule has 0 aliphatic heterocycles. The zero-order valence-electron chi connectivity index (χ0n) is 11.1. The molecule has 0 fully saturated rings. The molecule has 2 rings (SSSR count). The highest BCUT2D eigenvalue weighted by molar-refractivity contribution is 5.64. The van der Waals surface area contributed by atoms with Gasteiger partial charge in [0.15, 0.2) is 17.5 Å². The Morgan fingerprint density at radius 3 is 2.86 bits per heavy atom. The van der Waals surface area contributed by atoms with Crippen LogP contribution in [0.25, 0.3) is 11.5 Å². The predicted octanol–water partition coefficient (Wildman–Crippen LogP) is 2.60. The Kier molecular flexibility index (Phi) is 4.46. The summed E-state index contributed by atoms with van der Waals surface area (Å²) in [7, 11) is 0. The molecule has 8 heteroatoms. The molecule has 1 amide bonds. The maximum absolute atomic E-state index is 13.1. The third kappa shape index (κ3) is 3.98. The number of rotatable bonds is 5. The van der Waals surface area contributed by atoms with Crippen molar-refractivity contribution in [1.29, 1.82) is 0 Å². The number of nitrogens with zero attached hydrogens (tertiary/aromatic N) is 2. The van der Waals surface area contributed by atoms with Crippen molar-refractivity contribution in [3.05, 3.63) is 35.7 Å². The lowest BCUT2D eigenvalue weighted by Crippen LogP contribution is -2.31. The van der Waals surface area contributed by atoms with Gasteiger partial charge in [0.1, 0.15) is 0 Å². The van der Waals surface area contributed by atoms with Gasteiger partial charge in [0.05, 0.1) is 0 Å². The second-order valence-corrected chi connectivity index (χ2v) is 4.53. The third-order valence-electron chi connectivity index (χ3n) is 2.81. The summed E-state index contributed by atoms with van der Waals surface area (Å²) in [6, 6.07) is 3.03. The molecule has 0 saturated carbocycles. The van der Waals surface area contributed by atoms with Crippen molar-refractivity contribution >= 4 is 6.09 Å². The molecule has 0 aliphatic carbocycles. The smallest absolute Gasteiger partial charge is 0.404 e. The van der Waals surface area contributed by atoms with E-state index in [-0.39, 0.29) is 17.5 Å². The number of halogens is 2. The van der Waals surface area contributed by atoms with Crippen molar-refractivity contribution in [3.8, 4) is 11.5 Å². The molecule has 0 radical (unpaired) electrons. The Bertz CT molecular complexity index is 645. The largest absolute Gasteiger partial charge is 0.465 e. The fourth-order valence-electron chi connectivity index (χ4n) is 1.73. The van der Waals surface area contributed by atoms with E-state index in [1.165, 1.54) is 6.07 Å². The van der Waals surface area contributed by atoms with Crippen LogP contribution in [0.3, 0.4) is 0 Å². The van der Waals surface area contributed by atoms with E-state index in [0.717, 1.165) is 12.1 Å². The van der Waals surface area contributed by atoms with E-state index in [1.807, 2.05) is 0 Å². The Balaban J connectivity index is 2.01. The van der Waals surface area contributed by atoms with Gasteiger partial charge >= 0.3 is 6.09 Å². The van der Waals surface area contributed by atoms with Crippen LogP contribution in [-0.2, 0) is 6.42 Å². The quantitative estimate of drug-likeness (QED) is 0.885. The van der Waals surface area contributed by atoms with Crippen LogP contribution < -0.4 is 5.32 Å². The summed E-state index contributed by atoms with van der Waals surface area (Å²) in [4.78, 5) is 14.5. The van der Waals surface area contributed by atoms with E-state index in [2.05, 4.69) is 15.5 Å². The van der Waals surface area contributed by atoms with Crippen molar-refractivity contribution in [3.63, 3.8) is 0 Å². The Morgan fingerprint density at radius 1 is 1.43 bits per heavy atom. The monoisotopic (exact) mass is 297 g/mol. The van der Waals surface area contributed by atoms with Crippen LogP contribution in [0.15, 0.2) is 22.7 Å². The van der Waals surface area contributed by atoms with Gasteiger partial charge < -0.3 is 14.9 Å². The first-order valence-corrected chi connectivity index (χ1v) is 6.23. The number of aromatic nitrogens is 2. The maximum Gasteiger partial charge on any atom is 0.404 e. The first-order valence-electron chi connectivity index (χ1n) is 6.23. The molecule has 2 N–H and O–H groups in total. The van der Waals surface area contributed by atoms with Crippen molar-refractivity contribution in [2.45, 2.75) is 25.8 Å². The van der Waals surface area contributed by atoms with E-state index in [9.17, 15) is 13.6 Å². The highest BCUT2D eigenvalue weighted by atomic mass is 19.2. The van der Waals surface area contributed by atoms with Gasteiger partial charge in [-0.3, -0.25) is 0 Å². The van der Waals surface area contributed by atoms with Crippen LogP contribution in [0.1, 0.15) is 19.2 Å². The van der Waals surface area contributed by atoms with Crippen LogP contribution in [0.4, 0.5) is 13.6 Å². The van der Waals surface area contributed by atoms with Crippen LogP contribution in [0.5, 0.6) is 0 Å². The van der Waals surface area contributed by atoms with E-state index < -0.39 is 17.7 Å². The summed E-state index contributed by atoms with van der Waals surface area (Å²) in [5.74, 6) is -1.49. The lowest BCUT2D eigenvalue weighted by molar-refractivity contribution is 0.190. The van der Waals surface area contributed by atoms with Gasteiger partial charge in [-0.15, -0.1) is 0 Å². The number of carboxylic acid groups (broad SMARTS) is 1. The average molecular weight is 297 g/mol. The van der Waals surface area contributed by atoms with Crippen molar-refractivity contribution < 1.29 is 23.2 Å². The number of hydrogen-bond acceptors (Lipinski definition) is 4. The molecule has 0 aliphatic rings. The maximum atomic E-state index is 13.1. The Morgan fingerprint density at radius 2 is 2.19 bits per heavy atom. The molecule has 1 aromatic heterocycles. The minimum absolute atomic E-state index is 0.0859. The van der Waals surface area contributed by atoms with E-state index in [0.29, 0.717) is 18.7 Å². The van der Waals surface area contributed by atoms with Gasteiger partial charge in [0.2, 0.25) is 0 Å². The molecule has 0 bridgehead atoms. The zero-order chi connectivity index (χ0) is 15.4. The van der Waals surface area contributed by atoms with Crippen LogP contribution in [0.2, 0.25) is 0 Å². The summed E-state index contributed by atoms with van der Waals surface area (Å²) in [6.45, 7) is 1.71. The summed E-state index contributed by atoms with van der Waals surface area (Å²) in [6.07, 6.45) is -0.212. The molecule has 2 aromatic rings. The Labute approximate surface area is 118 Å². The summed E-state index contributed by atoms with van der Waals surface area (Å²) < 4.78 is 30.9. The molecule has 1 heterocycles. The van der Waals surface area contributed by atoms with E-state index in [4.69, 9.17) is 9.63 Å². The van der Waals surface area contributed by atoms with Crippen molar-refractivity contribution in [1.82, 2.24) is 15.5 Å². The number of nitrogens with one attached hydrogen (secondary N) is 1. The minimum Gasteiger partial charge on any atom is -0.465 e. The molecule has 1 atom stereocenters. The molecule has 21 heavy (non-hydrogen) atoms. The van der Waals surface area contributed by atoms with Crippen LogP contribution in [-0.4, -0.2) is 27.4 Å². The fraction of sp³-hybridized carbons (Fsp3) is 0.308. The highest BCUT2D eigenvalue weighted by Gasteiger charge is 2.13. The first kappa shape index (κ1) is 14.9. The summed E-state index contributed by atoms with van der Waals surface area (Å²) in [5.41, 5.74) is 0.282. The van der Waals surface area contributed by atoms with Crippen LogP contribution >= 0.6 is 0 Å².